The molecule has 0 spiro atoms. The molecule has 2 aromatic rings. The Morgan fingerprint density at radius 2 is 2.00 bits per heavy atom. The second-order valence-corrected chi connectivity index (χ2v) is 7.69. The number of hydrogen-bond donors (Lipinski definition) is 2. The highest BCUT2D eigenvalue weighted by Crippen LogP contribution is 2.24. The molecule has 2 rings (SSSR count). The maximum Gasteiger partial charge on any atom is 0.232 e. The van der Waals surface area contributed by atoms with Crippen LogP contribution in [0.15, 0.2) is 24.4 Å². The molecule has 0 saturated carbocycles. The van der Waals surface area contributed by atoms with Gasteiger partial charge >= 0.3 is 0 Å². The van der Waals surface area contributed by atoms with Gasteiger partial charge in [-0.05, 0) is 36.6 Å². The first-order valence-electron chi connectivity index (χ1n) is 7.87. The minimum Gasteiger partial charge on any atom is -0.383 e. The number of halogens is 2. The maximum atomic E-state index is 14.6. The lowest BCUT2D eigenvalue weighted by atomic mass is 10.0. The molecule has 3 N–H and O–H groups in total. The molecule has 0 saturated heterocycles. The Labute approximate surface area is 150 Å². The van der Waals surface area contributed by atoms with E-state index >= 15 is 0 Å². The number of rotatable bonds is 7. The SMILES string of the molecule is CCCS(=O)(=O)Nc1ccc(F)c(C(=O)Cc2cnc(N)c(C)c2)c1F. The average molecular weight is 383 g/mol. The van der Waals surface area contributed by atoms with Gasteiger partial charge in [0.25, 0.3) is 0 Å². The predicted octanol–water partition coefficient (Wildman–Crippen LogP) is 2.83. The van der Waals surface area contributed by atoms with Crippen molar-refractivity contribution < 1.29 is 22.0 Å². The Bertz CT molecular complexity index is 947. The lowest BCUT2D eigenvalue weighted by Crippen LogP contribution is -2.19. The summed E-state index contributed by atoms with van der Waals surface area (Å²) < 4.78 is 54.3. The van der Waals surface area contributed by atoms with E-state index in [9.17, 15) is 22.0 Å². The molecule has 1 aromatic heterocycles. The van der Waals surface area contributed by atoms with E-state index in [-0.39, 0.29) is 12.2 Å². The molecule has 0 bridgehead atoms. The monoisotopic (exact) mass is 383 g/mol. The number of nitrogen functional groups attached to an aromatic ring is 1. The predicted molar refractivity (Wildman–Crippen MR) is 95.5 cm³/mol. The molecular weight excluding hydrogens is 364 g/mol. The van der Waals surface area contributed by atoms with Gasteiger partial charge in [0.2, 0.25) is 10.0 Å². The molecule has 0 radical (unpaired) electrons. The fourth-order valence-electron chi connectivity index (χ4n) is 2.39. The van der Waals surface area contributed by atoms with Gasteiger partial charge < -0.3 is 5.73 Å². The largest absolute Gasteiger partial charge is 0.383 e. The fourth-order valence-corrected chi connectivity index (χ4v) is 3.52. The van der Waals surface area contributed by atoms with Gasteiger partial charge in [0.15, 0.2) is 11.6 Å². The summed E-state index contributed by atoms with van der Waals surface area (Å²) in [6.45, 7) is 3.35. The van der Waals surface area contributed by atoms with Gasteiger partial charge in [-0.2, -0.15) is 0 Å². The smallest absolute Gasteiger partial charge is 0.232 e. The van der Waals surface area contributed by atoms with Gasteiger partial charge in [-0.1, -0.05) is 13.0 Å². The van der Waals surface area contributed by atoms with Crippen molar-refractivity contribution in [3.8, 4) is 0 Å². The van der Waals surface area contributed by atoms with Crippen LogP contribution in [0.1, 0.15) is 34.8 Å². The zero-order valence-corrected chi connectivity index (χ0v) is 15.2. The molecular formula is C17H19F2N3O3S. The number of pyridine rings is 1. The molecule has 0 aliphatic carbocycles. The Kier molecular flexibility index (Phi) is 5.91. The standard InChI is InChI=1S/C17H19F2N3O3S/c1-3-6-26(24,25)22-13-5-4-12(18)15(16(13)19)14(23)8-11-7-10(2)17(20)21-9-11/h4-5,7,9,22H,3,6,8H2,1-2H3,(H2,20,21). The van der Waals surface area contributed by atoms with E-state index in [1.807, 2.05) is 4.72 Å². The third-order valence-corrected chi connectivity index (χ3v) is 5.12. The van der Waals surface area contributed by atoms with Crippen molar-refractivity contribution in [1.29, 1.82) is 0 Å². The number of Topliss-reactive ketones (excluding diaryl/α,β-unsaturated/α-hetero) is 1. The quantitative estimate of drug-likeness (QED) is 0.716. The molecule has 6 nitrogen and oxygen atoms in total. The lowest BCUT2D eigenvalue weighted by molar-refractivity contribution is 0.0985. The number of hydrogen-bond acceptors (Lipinski definition) is 5. The van der Waals surface area contributed by atoms with Gasteiger partial charge in [-0.3, -0.25) is 9.52 Å². The van der Waals surface area contributed by atoms with Gasteiger partial charge in [-0.25, -0.2) is 22.2 Å². The normalized spacial score (nSPS) is 11.4. The fraction of sp³-hybridized carbons (Fsp3) is 0.294. The first-order valence-corrected chi connectivity index (χ1v) is 9.52. The first kappa shape index (κ1) is 19.8. The molecule has 1 heterocycles. The summed E-state index contributed by atoms with van der Waals surface area (Å²) in [6, 6.07) is 3.40. The van der Waals surface area contributed by atoms with Crippen LogP contribution in [-0.4, -0.2) is 24.9 Å². The molecule has 9 heteroatoms. The van der Waals surface area contributed by atoms with Crippen LogP contribution in [0.4, 0.5) is 20.3 Å². The summed E-state index contributed by atoms with van der Waals surface area (Å²) >= 11 is 0. The Balaban J connectivity index is 2.34. The summed E-state index contributed by atoms with van der Waals surface area (Å²) in [5, 5.41) is 0. The van der Waals surface area contributed by atoms with Crippen LogP contribution < -0.4 is 10.5 Å². The number of sulfonamides is 1. The number of benzene rings is 1. The number of carbonyl (C=O) groups excluding carboxylic acids is 1. The van der Waals surface area contributed by atoms with Crippen molar-refractivity contribution in [2.75, 3.05) is 16.2 Å². The van der Waals surface area contributed by atoms with E-state index in [1.54, 1.807) is 19.9 Å². The Morgan fingerprint density at radius 3 is 2.62 bits per heavy atom. The summed E-state index contributed by atoms with van der Waals surface area (Å²) in [5.41, 5.74) is 5.42. The number of nitrogens with one attached hydrogen (secondary N) is 1. The number of aryl methyl sites for hydroxylation is 1. The second kappa shape index (κ2) is 7.77. The van der Waals surface area contributed by atoms with Crippen LogP contribution in [0.3, 0.4) is 0 Å². The zero-order valence-electron chi connectivity index (χ0n) is 14.3. The number of anilines is 2. The minimum absolute atomic E-state index is 0.219. The number of nitrogens with zero attached hydrogens (tertiary/aromatic N) is 1. The number of aromatic nitrogens is 1. The molecule has 0 atom stereocenters. The van der Waals surface area contributed by atoms with Gasteiger partial charge in [0, 0.05) is 12.6 Å². The average Bonchev–Trinajstić information content (AvgIpc) is 2.54. The maximum absolute atomic E-state index is 14.6. The van der Waals surface area contributed by atoms with Crippen molar-refractivity contribution in [3.63, 3.8) is 0 Å². The van der Waals surface area contributed by atoms with Crippen molar-refractivity contribution in [1.82, 2.24) is 4.98 Å². The molecule has 0 aliphatic heterocycles. The van der Waals surface area contributed by atoms with Crippen LogP contribution >= 0.6 is 0 Å². The summed E-state index contributed by atoms with van der Waals surface area (Å²) in [6.07, 6.45) is 1.38. The topological polar surface area (TPSA) is 102 Å². The highest BCUT2D eigenvalue weighted by Gasteiger charge is 2.23. The third-order valence-electron chi connectivity index (χ3n) is 3.65. The van der Waals surface area contributed by atoms with Crippen LogP contribution in [0.25, 0.3) is 0 Å². The van der Waals surface area contributed by atoms with Crippen molar-refractivity contribution >= 4 is 27.3 Å². The van der Waals surface area contributed by atoms with Gasteiger partial charge in [0.1, 0.15) is 11.6 Å². The molecule has 1 aromatic carbocycles. The van der Waals surface area contributed by atoms with E-state index in [0.717, 1.165) is 12.1 Å². The van der Waals surface area contributed by atoms with Crippen molar-refractivity contribution in [3.05, 3.63) is 52.7 Å². The summed E-state index contributed by atoms with van der Waals surface area (Å²) in [5.74, 6) is -3.06. The van der Waals surface area contributed by atoms with E-state index in [2.05, 4.69) is 4.98 Å². The molecule has 140 valence electrons. The van der Waals surface area contributed by atoms with Gasteiger partial charge in [0.05, 0.1) is 17.0 Å². The summed E-state index contributed by atoms with van der Waals surface area (Å²) in [4.78, 5) is 16.3. The Hall–Kier alpha value is -2.55. The molecule has 0 aliphatic rings. The number of nitrogens with two attached hydrogens (primary N) is 1. The first-order chi connectivity index (χ1) is 12.1. The molecule has 26 heavy (non-hydrogen) atoms. The second-order valence-electron chi connectivity index (χ2n) is 5.85. The van der Waals surface area contributed by atoms with Gasteiger partial charge in [-0.15, -0.1) is 0 Å². The van der Waals surface area contributed by atoms with E-state index in [0.29, 0.717) is 23.4 Å². The van der Waals surface area contributed by atoms with E-state index in [4.69, 9.17) is 5.73 Å². The molecule has 0 fully saturated rings. The zero-order chi connectivity index (χ0) is 19.5. The Morgan fingerprint density at radius 1 is 1.31 bits per heavy atom. The van der Waals surface area contributed by atoms with E-state index in [1.165, 1.54) is 6.20 Å². The summed E-state index contributed by atoms with van der Waals surface area (Å²) in [7, 11) is -3.78. The minimum atomic E-state index is -3.78. The van der Waals surface area contributed by atoms with Crippen LogP contribution in [-0.2, 0) is 16.4 Å². The number of carbonyl (C=O) groups is 1. The molecule has 0 amide bonds. The van der Waals surface area contributed by atoms with Crippen molar-refractivity contribution in [2.45, 2.75) is 26.7 Å². The van der Waals surface area contributed by atoms with Crippen LogP contribution in [0, 0.1) is 18.6 Å². The highest BCUT2D eigenvalue weighted by molar-refractivity contribution is 7.92. The molecule has 0 unspecified atom stereocenters. The third kappa shape index (κ3) is 4.54. The highest BCUT2D eigenvalue weighted by atomic mass is 32.2. The van der Waals surface area contributed by atoms with E-state index < -0.39 is 38.7 Å². The number of ketones is 1. The van der Waals surface area contributed by atoms with Crippen LogP contribution in [0.5, 0.6) is 0 Å². The van der Waals surface area contributed by atoms with Crippen LogP contribution in [0.2, 0.25) is 0 Å². The lowest BCUT2D eigenvalue weighted by Gasteiger charge is -2.12. The van der Waals surface area contributed by atoms with Crippen molar-refractivity contribution in [2.24, 2.45) is 0 Å².